The summed E-state index contributed by atoms with van der Waals surface area (Å²) in [6, 6.07) is 11.0. The number of halogens is 14. The van der Waals surface area contributed by atoms with Crippen molar-refractivity contribution in [3.63, 3.8) is 0 Å². The van der Waals surface area contributed by atoms with Gasteiger partial charge in [-0.25, -0.2) is 29.9 Å². The molecule has 0 saturated heterocycles. The lowest BCUT2D eigenvalue weighted by molar-refractivity contribution is 0.668. The Balaban J connectivity index is 1.79. The van der Waals surface area contributed by atoms with Crippen molar-refractivity contribution in [2.75, 3.05) is 11.4 Å². The van der Waals surface area contributed by atoms with Crippen molar-refractivity contribution in [1.82, 2.24) is 29.9 Å². The summed E-state index contributed by atoms with van der Waals surface area (Å²) in [5.41, 5.74) is 2.72. The number of hydrogen-bond acceptors (Lipinski definition) is 7. The second-order valence-corrected chi connectivity index (χ2v) is 21.0. The van der Waals surface area contributed by atoms with E-state index in [0.717, 1.165) is 37.1 Å². The van der Waals surface area contributed by atoms with E-state index >= 15 is 0 Å². The van der Waals surface area contributed by atoms with Crippen LogP contribution in [-0.2, 0) is 15.2 Å². The van der Waals surface area contributed by atoms with Crippen molar-refractivity contribution in [3.8, 4) is 22.8 Å². The maximum atomic E-state index is 6.08. The highest BCUT2D eigenvalue weighted by molar-refractivity contribution is 9.11. The average Bonchev–Trinajstić information content (AvgIpc) is 2.99. The van der Waals surface area contributed by atoms with Gasteiger partial charge in [-0.05, 0) is 74.7 Å². The minimum Gasteiger partial charge on any atom is -0.340 e. The van der Waals surface area contributed by atoms with E-state index in [1.54, 1.807) is 24.3 Å². The van der Waals surface area contributed by atoms with Crippen LogP contribution in [0.15, 0.2) is 45.3 Å². The zero-order chi connectivity index (χ0) is 36.5. The van der Waals surface area contributed by atoms with Gasteiger partial charge in [0.25, 0.3) is 0 Å². The summed E-state index contributed by atoms with van der Waals surface area (Å²) < 4.78 is -6.61. The molecule has 0 aliphatic heterocycles. The van der Waals surface area contributed by atoms with Crippen molar-refractivity contribution >= 4 is 182 Å². The molecular formula is C28H19Br2Cl12N7. The van der Waals surface area contributed by atoms with Gasteiger partial charge in [0.1, 0.15) is 0 Å². The van der Waals surface area contributed by atoms with Gasteiger partial charge in [-0.15, -0.1) is 0 Å². The predicted molar refractivity (Wildman–Crippen MR) is 214 cm³/mol. The highest BCUT2D eigenvalue weighted by atomic mass is 79.9. The second-order valence-electron chi connectivity index (χ2n) is 10.1. The van der Waals surface area contributed by atoms with Gasteiger partial charge in [0.15, 0.2) is 34.9 Å². The van der Waals surface area contributed by atoms with Crippen LogP contribution < -0.4 is 4.90 Å². The topological polar surface area (TPSA) is 80.6 Å². The van der Waals surface area contributed by atoms with Gasteiger partial charge in [-0.1, -0.05) is 165 Å². The van der Waals surface area contributed by atoms with Crippen LogP contribution in [0, 0.1) is 0 Å². The van der Waals surface area contributed by atoms with Crippen molar-refractivity contribution in [2.24, 2.45) is 0 Å². The molecule has 0 unspecified atom stereocenters. The van der Waals surface area contributed by atoms with E-state index in [1.165, 1.54) is 0 Å². The van der Waals surface area contributed by atoms with E-state index in [-0.39, 0.29) is 34.9 Å². The summed E-state index contributed by atoms with van der Waals surface area (Å²) >= 11 is 80.4. The molecule has 0 aliphatic rings. The molecule has 4 aromatic rings. The number of unbranched alkanes of at least 4 members (excludes halogenated alkanes) is 3. The summed E-state index contributed by atoms with van der Waals surface area (Å²) in [5.74, 6) is -0.552. The lowest BCUT2D eigenvalue weighted by atomic mass is 10.1. The fourth-order valence-electron chi connectivity index (χ4n) is 4.31. The highest BCUT2D eigenvalue weighted by Crippen LogP contribution is 2.44. The summed E-state index contributed by atoms with van der Waals surface area (Å²) in [4.78, 5) is 27.5. The minimum atomic E-state index is -2.00. The molecule has 2 heterocycles. The Hall–Kier alpha value is 0.700. The fraction of sp³-hybridized carbons (Fsp3) is 0.357. The number of aromatic nitrogens is 6. The Kier molecular flexibility index (Phi) is 14.7. The Morgan fingerprint density at radius 2 is 0.857 bits per heavy atom. The zero-order valence-corrected chi connectivity index (χ0v) is 36.7. The molecule has 2 aromatic carbocycles. The third-order valence-corrected chi connectivity index (χ3v) is 9.81. The van der Waals surface area contributed by atoms with Crippen LogP contribution in [0.2, 0.25) is 0 Å². The number of nitrogens with zero attached hydrogens (tertiary/aromatic N) is 7. The first-order chi connectivity index (χ1) is 22.6. The molecule has 0 bridgehead atoms. The molecule has 0 saturated carbocycles. The normalized spacial score (nSPS) is 12.8. The van der Waals surface area contributed by atoms with Crippen LogP contribution in [0.5, 0.6) is 0 Å². The molecule has 0 N–H and O–H groups in total. The van der Waals surface area contributed by atoms with Gasteiger partial charge in [0, 0.05) is 26.6 Å². The van der Waals surface area contributed by atoms with Crippen molar-refractivity contribution in [1.29, 1.82) is 0 Å². The van der Waals surface area contributed by atoms with E-state index in [0.29, 0.717) is 26.6 Å². The van der Waals surface area contributed by atoms with Crippen LogP contribution in [-0.4, -0.2) is 36.4 Å². The molecule has 49 heavy (non-hydrogen) atoms. The van der Waals surface area contributed by atoms with Crippen LogP contribution in [0.25, 0.3) is 22.8 Å². The molecule has 4 rings (SSSR count). The fourth-order valence-corrected chi connectivity index (χ4v) is 6.51. The van der Waals surface area contributed by atoms with Gasteiger partial charge < -0.3 is 4.90 Å². The standard InChI is InChI=1S/C28H19Br2Cl12N7/c1-2-3-4-5-10-49(17-8-6-13(11-15(17)29)19-43-21(25(31,32)33)47-22(44-19)26(34,35)36)18-9-7-14(12-16(18)30)20-45-23(27(37,38)39)48-24(46-20)28(40,41)42/h6-9,11-12H,2-5,10H2,1H3. The molecule has 0 amide bonds. The maximum Gasteiger partial charge on any atom is 0.250 e. The quantitative estimate of drug-likeness (QED) is 0.122. The van der Waals surface area contributed by atoms with E-state index in [2.05, 4.69) is 73.6 Å². The Bertz CT molecular complexity index is 1620. The molecule has 0 atom stereocenters. The first-order valence-electron chi connectivity index (χ1n) is 13.8. The predicted octanol–water partition coefficient (Wildman–Crippen LogP) is 13.9. The molecule has 0 aliphatic carbocycles. The smallest absolute Gasteiger partial charge is 0.250 e. The first-order valence-corrected chi connectivity index (χ1v) is 19.9. The Labute approximate surface area is 359 Å². The van der Waals surface area contributed by atoms with Gasteiger partial charge in [0.2, 0.25) is 15.2 Å². The summed E-state index contributed by atoms with van der Waals surface area (Å²) in [7, 11) is 0. The Morgan fingerprint density at radius 1 is 0.510 bits per heavy atom. The Morgan fingerprint density at radius 3 is 1.14 bits per heavy atom. The van der Waals surface area contributed by atoms with Gasteiger partial charge in [-0.3, -0.25) is 0 Å². The molecule has 0 radical (unpaired) electrons. The molecule has 0 fully saturated rings. The molecule has 0 spiro atoms. The number of benzene rings is 2. The van der Waals surface area contributed by atoms with Crippen molar-refractivity contribution < 1.29 is 0 Å². The van der Waals surface area contributed by atoms with Gasteiger partial charge in [0.05, 0.1) is 11.4 Å². The third-order valence-electron chi connectivity index (χ3n) is 6.51. The summed E-state index contributed by atoms with van der Waals surface area (Å²) in [6.07, 6.45) is 4.08. The minimum absolute atomic E-state index is 0.130. The van der Waals surface area contributed by atoms with E-state index in [9.17, 15) is 0 Å². The number of hydrogen-bond donors (Lipinski definition) is 0. The van der Waals surface area contributed by atoms with Gasteiger partial charge >= 0.3 is 0 Å². The summed E-state index contributed by atoms with van der Waals surface area (Å²) in [6.45, 7) is 2.81. The number of alkyl halides is 12. The van der Waals surface area contributed by atoms with E-state index < -0.39 is 15.2 Å². The monoisotopic (exact) mass is 1030 g/mol. The van der Waals surface area contributed by atoms with Crippen LogP contribution in [0.4, 0.5) is 11.4 Å². The van der Waals surface area contributed by atoms with E-state index in [4.69, 9.17) is 139 Å². The lowest BCUT2D eigenvalue weighted by Crippen LogP contribution is -2.20. The summed E-state index contributed by atoms with van der Waals surface area (Å²) in [5, 5.41) is 0. The van der Waals surface area contributed by atoms with Crippen molar-refractivity contribution in [3.05, 3.63) is 68.6 Å². The SMILES string of the molecule is CCCCCCN(c1ccc(-c2nc(C(Cl)(Cl)Cl)nc(C(Cl)(Cl)Cl)n2)cc1Br)c1ccc(-c2nc(C(Cl)(Cl)Cl)nc(C(Cl)(Cl)Cl)n2)cc1Br. The molecule has 21 heteroatoms. The molecule has 7 nitrogen and oxygen atoms in total. The third kappa shape index (κ3) is 11.4. The average molecular weight is 1040 g/mol. The number of rotatable bonds is 9. The highest BCUT2D eigenvalue weighted by Gasteiger charge is 2.35. The largest absolute Gasteiger partial charge is 0.340 e. The zero-order valence-electron chi connectivity index (χ0n) is 24.4. The maximum absolute atomic E-state index is 6.08. The lowest BCUT2D eigenvalue weighted by Gasteiger charge is -2.28. The molecular weight excluding hydrogens is 1020 g/mol. The molecule has 2 aromatic heterocycles. The van der Waals surface area contributed by atoms with Crippen molar-refractivity contribution in [2.45, 2.75) is 47.8 Å². The van der Waals surface area contributed by atoms with E-state index in [1.807, 2.05) is 12.1 Å². The van der Waals surface area contributed by atoms with Crippen LogP contribution in [0.3, 0.4) is 0 Å². The van der Waals surface area contributed by atoms with Crippen LogP contribution >= 0.6 is 171 Å². The first kappa shape index (κ1) is 42.4. The second kappa shape index (κ2) is 17.0. The number of anilines is 2. The van der Waals surface area contributed by atoms with Gasteiger partial charge in [-0.2, -0.15) is 0 Å². The molecule has 264 valence electrons. The van der Waals surface area contributed by atoms with Crippen LogP contribution in [0.1, 0.15) is 55.9 Å².